The molecule has 36 heavy (non-hydrogen) atoms. The number of halogens is 1. The van der Waals surface area contributed by atoms with Crippen molar-refractivity contribution < 1.29 is 22.3 Å². The van der Waals surface area contributed by atoms with Crippen molar-refractivity contribution >= 4 is 21.2 Å². The SMILES string of the molecule is CCc1csc(-c2nnc(CS(=O)(=O)[C@H](C)Cc3ncc(F)cn3)n2-c2c(OC)cccc2OC)n1. The standard InChI is InChI=1S/C23H25FN6O4S2/c1-5-16-12-35-23(27-16)22-29-28-20(30(22)21-17(33-3)7-6-8-18(21)34-4)13-36(31,32)14(2)9-19-25-10-15(24)11-26-19/h6-8,10-12,14H,5,9,13H2,1-4H3/t14-/m1/s1. The molecule has 3 aromatic heterocycles. The van der Waals surface area contributed by atoms with E-state index in [9.17, 15) is 12.8 Å². The Kier molecular flexibility index (Phi) is 7.59. The summed E-state index contributed by atoms with van der Waals surface area (Å²) in [6, 6.07) is 5.26. The number of ether oxygens (including phenoxy) is 2. The first-order valence-corrected chi connectivity index (χ1v) is 13.6. The van der Waals surface area contributed by atoms with Gasteiger partial charge in [0.15, 0.2) is 32.3 Å². The van der Waals surface area contributed by atoms with Gasteiger partial charge in [0.1, 0.15) is 28.8 Å². The van der Waals surface area contributed by atoms with Gasteiger partial charge in [-0.15, -0.1) is 21.5 Å². The van der Waals surface area contributed by atoms with E-state index >= 15 is 0 Å². The number of sulfone groups is 1. The summed E-state index contributed by atoms with van der Waals surface area (Å²) in [6.07, 6.45) is 2.79. The molecule has 1 atom stereocenters. The van der Waals surface area contributed by atoms with Crippen LogP contribution >= 0.6 is 11.3 Å². The van der Waals surface area contributed by atoms with Crippen LogP contribution in [0.3, 0.4) is 0 Å². The molecule has 0 fully saturated rings. The van der Waals surface area contributed by atoms with Crippen LogP contribution in [-0.4, -0.2) is 57.6 Å². The third-order valence-corrected chi connectivity index (χ3v) is 8.49. The Morgan fingerprint density at radius 3 is 2.36 bits per heavy atom. The zero-order valence-corrected chi connectivity index (χ0v) is 21.8. The van der Waals surface area contributed by atoms with Crippen molar-refractivity contribution in [3.63, 3.8) is 0 Å². The number of aromatic nitrogens is 6. The molecule has 0 aliphatic rings. The highest BCUT2D eigenvalue weighted by Crippen LogP contribution is 2.37. The zero-order valence-electron chi connectivity index (χ0n) is 20.2. The zero-order chi connectivity index (χ0) is 25.9. The van der Waals surface area contributed by atoms with Gasteiger partial charge in [-0.3, -0.25) is 4.57 Å². The fourth-order valence-electron chi connectivity index (χ4n) is 3.56. The Morgan fingerprint density at radius 2 is 1.78 bits per heavy atom. The van der Waals surface area contributed by atoms with Crippen molar-refractivity contribution in [2.45, 2.75) is 37.7 Å². The van der Waals surface area contributed by atoms with Gasteiger partial charge >= 0.3 is 0 Å². The number of nitrogens with zero attached hydrogens (tertiary/aromatic N) is 6. The summed E-state index contributed by atoms with van der Waals surface area (Å²) in [5, 5.41) is 10.2. The predicted molar refractivity (Wildman–Crippen MR) is 133 cm³/mol. The van der Waals surface area contributed by atoms with Gasteiger partial charge in [0.2, 0.25) is 0 Å². The molecule has 0 aliphatic carbocycles. The Balaban J connectivity index is 1.79. The summed E-state index contributed by atoms with van der Waals surface area (Å²) < 4.78 is 52.7. The molecular weight excluding hydrogens is 507 g/mol. The summed E-state index contributed by atoms with van der Waals surface area (Å²) in [5.74, 6) is 0.679. The van der Waals surface area contributed by atoms with Crippen molar-refractivity contribution in [3.05, 3.63) is 59.1 Å². The number of hydrogen-bond donors (Lipinski definition) is 0. The average molecular weight is 533 g/mol. The largest absolute Gasteiger partial charge is 0.494 e. The van der Waals surface area contributed by atoms with E-state index < -0.39 is 26.7 Å². The van der Waals surface area contributed by atoms with E-state index in [2.05, 4.69) is 25.1 Å². The minimum atomic E-state index is -3.76. The predicted octanol–water partition coefficient (Wildman–Crippen LogP) is 3.45. The molecule has 0 spiro atoms. The van der Waals surface area contributed by atoms with Crippen LogP contribution in [0.15, 0.2) is 36.0 Å². The fourth-order valence-corrected chi connectivity index (χ4v) is 5.67. The molecule has 0 amide bonds. The summed E-state index contributed by atoms with van der Waals surface area (Å²) in [7, 11) is -0.723. The minimum absolute atomic E-state index is 0.0218. The van der Waals surface area contributed by atoms with E-state index in [1.54, 1.807) is 29.7 Å². The van der Waals surface area contributed by atoms with Gasteiger partial charge in [0.05, 0.1) is 37.6 Å². The number of para-hydroxylation sites is 1. The highest BCUT2D eigenvalue weighted by Gasteiger charge is 2.30. The Labute approximate surface area is 212 Å². The van der Waals surface area contributed by atoms with Gasteiger partial charge in [-0.05, 0) is 25.5 Å². The molecule has 0 unspecified atom stereocenters. The topological polar surface area (TPSA) is 122 Å². The monoisotopic (exact) mass is 532 g/mol. The molecule has 190 valence electrons. The van der Waals surface area contributed by atoms with Gasteiger partial charge in [-0.2, -0.15) is 0 Å². The minimum Gasteiger partial charge on any atom is -0.494 e. The van der Waals surface area contributed by atoms with E-state index in [1.807, 2.05) is 12.3 Å². The van der Waals surface area contributed by atoms with E-state index in [4.69, 9.17) is 9.47 Å². The van der Waals surface area contributed by atoms with Crippen molar-refractivity contribution in [1.29, 1.82) is 0 Å². The van der Waals surface area contributed by atoms with Crippen LogP contribution in [0.1, 0.15) is 31.2 Å². The third kappa shape index (κ3) is 5.21. The van der Waals surface area contributed by atoms with Crippen molar-refractivity contribution in [2.75, 3.05) is 14.2 Å². The molecular formula is C23H25FN6O4S2. The number of benzene rings is 1. The molecule has 13 heteroatoms. The summed E-state index contributed by atoms with van der Waals surface area (Å²) in [4.78, 5) is 12.4. The Hall–Kier alpha value is -3.45. The molecule has 4 rings (SSSR count). The smallest absolute Gasteiger partial charge is 0.197 e. The average Bonchev–Trinajstić information content (AvgIpc) is 3.51. The lowest BCUT2D eigenvalue weighted by Gasteiger charge is -2.17. The van der Waals surface area contributed by atoms with Gasteiger partial charge < -0.3 is 9.47 Å². The molecule has 3 heterocycles. The number of aryl methyl sites for hydroxylation is 1. The summed E-state index contributed by atoms with van der Waals surface area (Å²) in [6.45, 7) is 3.55. The molecule has 10 nitrogen and oxygen atoms in total. The number of rotatable bonds is 10. The first-order chi connectivity index (χ1) is 17.3. The lowest BCUT2D eigenvalue weighted by atomic mass is 10.2. The second-order valence-corrected chi connectivity index (χ2v) is 11.2. The second-order valence-electron chi connectivity index (χ2n) is 7.92. The van der Waals surface area contributed by atoms with Crippen LogP contribution < -0.4 is 9.47 Å². The molecule has 0 radical (unpaired) electrons. The quantitative estimate of drug-likeness (QED) is 0.302. The molecule has 4 aromatic rings. The summed E-state index contributed by atoms with van der Waals surface area (Å²) >= 11 is 1.39. The normalized spacial score (nSPS) is 12.5. The maximum atomic E-state index is 13.4. The van der Waals surface area contributed by atoms with Crippen LogP contribution in [0.4, 0.5) is 4.39 Å². The van der Waals surface area contributed by atoms with E-state index in [0.717, 1.165) is 24.5 Å². The Morgan fingerprint density at radius 1 is 1.11 bits per heavy atom. The lowest BCUT2D eigenvalue weighted by molar-refractivity contribution is 0.391. The first-order valence-electron chi connectivity index (χ1n) is 11.1. The van der Waals surface area contributed by atoms with Crippen LogP contribution in [0.2, 0.25) is 0 Å². The maximum absolute atomic E-state index is 13.4. The summed E-state index contributed by atoms with van der Waals surface area (Å²) in [5.41, 5.74) is 1.36. The van der Waals surface area contributed by atoms with Gasteiger partial charge in [-0.1, -0.05) is 13.0 Å². The second kappa shape index (κ2) is 10.7. The molecule has 0 aliphatic heterocycles. The van der Waals surface area contributed by atoms with E-state index in [-0.39, 0.29) is 18.1 Å². The Bertz CT molecular complexity index is 1430. The molecule has 0 N–H and O–H groups in total. The number of thiazole rings is 1. The van der Waals surface area contributed by atoms with Gasteiger partial charge in [0.25, 0.3) is 0 Å². The van der Waals surface area contributed by atoms with Crippen molar-refractivity contribution in [1.82, 2.24) is 29.7 Å². The van der Waals surface area contributed by atoms with Crippen LogP contribution in [0.25, 0.3) is 16.5 Å². The third-order valence-electron chi connectivity index (χ3n) is 5.55. The van der Waals surface area contributed by atoms with Crippen LogP contribution in [0, 0.1) is 5.82 Å². The number of methoxy groups -OCH3 is 2. The first kappa shape index (κ1) is 25.6. The van der Waals surface area contributed by atoms with Crippen molar-refractivity contribution in [2.24, 2.45) is 0 Å². The maximum Gasteiger partial charge on any atom is 0.197 e. The molecule has 0 bridgehead atoms. The van der Waals surface area contributed by atoms with E-state index in [1.165, 1.54) is 25.6 Å². The van der Waals surface area contributed by atoms with E-state index in [0.29, 0.717) is 28.0 Å². The van der Waals surface area contributed by atoms with Crippen LogP contribution in [0.5, 0.6) is 11.5 Å². The lowest BCUT2D eigenvalue weighted by Crippen LogP contribution is -2.24. The van der Waals surface area contributed by atoms with Crippen molar-refractivity contribution in [3.8, 4) is 28.0 Å². The highest BCUT2D eigenvalue weighted by atomic mass is 32.2. The highest BCUT2D eigenvalue weighted by molar-refractivity contribution is 7.91. The number of hydrogen-bond acceptors (Lipinski definition) is 10. The van der Waals surface area contributed by atoms with Gasteiger partial charge in [-0.25, -0.2) is 27.8 Å². The molecule has 0 saturated carbocycles. The van der Waals surface area contributed by atoms with Crippen LogP contribution in [-0.2, 0) is 28.4 Å². The van der Waals surface area contributed by atoms with Gasteiger partial charge in [0, 0.05) is 11.8 Å². The molecule has 1 aromatic carbocycles. The molecule has 0 saturated heterocycles. The fraction of sp³-hybridized carbons (Fsp3) is 0.348.